The molecule has 0 aliphatic carbocycles. The van der Waals surface area contributed by atoms with Crippen LogP contribution in [0.4, 0.5) is 0 Å². The minimum atomic E-state index is -0.170. The van der Waals surface area contributed by atoms with Crippen molar-refractivity contribution in [2.75, 3.05) is 0 Å². The average Bonchev–Trinajstić information content (AvgIpc) is 2.20. The Morgan fingerprint density at radius 2 is 2.00 bits per heavy atom. The van der Waals surface area contributed by atoms with Crippen LogP contribution in [0.3, 0.4) is 0 Å². The van der Waals surface area contributed by atoms with Crippen LogP contribution in [0, 0.1) is 0 Å². The van der Waals surface area contributed by atoms with Crippen LogP contribution in [0.2, 0.25) is 0 Å². The van der Waals surface area contributed by atoms with Gasteiger partial charge in [-0.25, -0.2) is 0 Å². The summed E-state index contributed by atoms with van der Waals surface area (Å²) in [5.74, 6) is -0.137. The van der Waals surface area contributed by atoms with E-state index in [1.54, 1.807) is 18.2 Å². The minimum absolute atomic E-state index is 0.152. The largest absolute Gasteiger partial charge is 0.508 e. The molecule has 0 saturated carbocycles. The second kappa shape index (κ2) is 5.10. The Hall–Kier alpha value is -1.90. The molecule has 0 unspecified atom stereocenters. The normalized spacial score (nSPS) is 12.2. The lowest BCUT2D eigenvalue weighted by Crippen LogP contribution is -1.76. The first-order valence-electron chi connectivity index (χ1n) is 4.72. The first-order chi connectivity index (χ1) is 7.13. The third kappa shape index (κ3) is 3.38. The Bertz CT molecular complexity index is 392. The number of phenols is 2. The van der Waals surface area contributed by atoms with Gasteiger partial charge < -0.3 is 15.3 Å². The summed E-state index contributed by atoms with van der Waals surface area (Å²) < 4.78 is 0. The molecule has 3 N–H and O–H groups in total. The number of phenolic OH excluding ortho intramolecular Hbond substituents is 2. The third-order valence-corrected chi connectivity index (χ3v) is 1.86. The zero-order chi connectivity index (χ0) is 11.3. The van der Waals surface area contributed by atoms with Crippen molar-refractivity contribution in [2.45, 2.75) is 13.3 Å². The lowest BCUT2D eigenvalue weighted by molar-refractivity contribution is 0.403. The summed E-state index contributed by atoms with van der Waals surface area (Å²) in [4.78, 5) is 0. The van der Waals surface area contributed by atoms with E-state index in [9.17, 15) is 10.2 Å². The summed E-state index contributed by atoms with van der Waals surface area (Å²) in [6.45, 7) is 1.93. The molecule has 1 aromatic rings. The smallest absolute Gasteiger partial charge is 0.157 e. The van der Waals surface area contributed by atoms with E-state index >= 15 is 0 Å². The molecule has 0 spiro atoms. The molecule has 0 heterocycles. The molecule has 0 aromatic heterocycles. The second-order valence-corrected chi connectivity index (χ2v) is 3.12. The van der Waals surface area contributed by atoms with Gasteiger partial charge in [-0.2, -0.15) is 0 Å². The van der Waals surface area contributed by atoms with Crippen molar-refractivity contribution in [2.24, 2.45) is 0 Å². The van der Waals surface area contributed by atoms with Gasteiger partial charge in [-0.05, 0) is 36.3 Å². The van der Waals surface area contributed by atoms with Crippen LogP contribution in [0.15, 0.2) is 36.1 Å². The van der Waals surface area contributed by atoms with E-state index in [4.69, 9.17) is 5.11 Å². The summed E-state index contributed by atoms with van der Waals surface area (Å²) in [6.07, 6.45) is 5.63. The molecule has 0 amide bonds. The molecule has 0 bridgehead atoms. The molecule has 3 heteroatoms. The van der Waals surface area contributed by atoms with Crippen LogP contribution < -0.4 is 0 Å². The van der Waals surface area contributed by atoms with Gasteiger partial charge in [0.1, 0.15) is 5.76 Å². The summed E-state index contributed by atoms with van der Waals surface area (Å²) >= 11 is 0. The highest BCUT2D eigenvalue weighted by Crippen LogP contribution is 2.25. The topological polar surface area (TPSA) is 60.7 Å². The monoisotopic (exact) mass is 206 g/mol. The second-order valence-electron chi connectivity index (χ2n) is 3.12. The van der Waals surface area contributed by atoms with Gasteiger partial charge in [0.25, 0.3) is 0 Å². The molecular formula is C12H14O3. The SMILES string of the molecule is CCC=C(O)/C=C/c1ccc(O)c(O)c1. The van der Waals surface area contributed by atoms with Gasteiger partial charge in [0.05, 0.1) is 0 Å². The quantitative estimate of drug-likeness (QED) is 0.405. The van der Waals surface area contributed by atoms with E-state index < -0.39 is 0 Å². The van der Waals surface area contributed by atoms with Crippen molar-refractivity contribution in [1.29, 1.82) is 0 Å². The van der Waals surface area contributed by atoms with E-state index in [-0.39, 0.29) is 17.3 Å². The average molecular weight is 206 g/mol. The standard InChI is InChI=1S/C12H14O3/c1-2-3-10(13)6-4-9-5-7-11(14)12(15)8-9/h3-8,13-15H,2H2,1H3/b6-4+,10-3?. The van der Waals surface area contributed by atoms with Crippen molar-refractivity contribution in [1.82, 2.24) is 0 Å². The summed E-state index contributed by atoms with van der Waals surface area (Å²) in [5, 5.41) is 27.6. The third-order valence-electron chi connectivity index (χ3n) is 1.86. The van der Waals surface area contributed by atoms with Crippen LogP contribution >= 0.6 is 0 Å². The molecular weight excluding hydrogens is 192 g/mol. The summed E-state index contributed by atoms with van der Waals surface area (Å²) in [6, 6.07) is 4.46. The number of rotatable bonds is 3. The van der Waals surface area contributed by atoms with Crippen molar-refractivity contribution >= 4 is 6.08 Å². The highest BCUT2D eigenvalue weighted by Gasteiger charge is 1.97. The van der Waals surface area contributed by atoms with Gasteiger partial charge in [-0.3, -0.25) is 0 Å². The Labute approximate surface area is 88.6 Å². The fourth-order valence-electron chi connectivity index (χ4n) is 1.10. The van der Waals surface area contributed by atoms with Crippen molar-refractivity contribution in [3.05, 3.63) is 41.7 Å². The number of hydrogen-bond donors (Lipinski definition) is 3. The van der Waals surface area contributed by atoms with Crippen LogP contribution in [0.5, 0.6) is 11.5 Å². The fraction of sp³-hybridized carbons (Fsp3) is 0.167. The number of allylic oxidation sites excluding steroid dienone is 2. The van der Waals surface area contributed by atoms with Gasteiger partial charge in [-0.15, -0.1) is 0 Å². The molecule has 80 valence electrons. The number of hydrogen-bond acceptors (Lipinski definition) is 3. The molecule has 0 fully saturated rings. The maximum atomic E-state index is 9.30. The maximum absolute atomic E-state index is 9.30. The van der Waals surface area contributed by atoms with Gasteiger partial charge in [0, 0.05) is 0 Å². The number of aliphatic hydroxyl groups is 1. The fourth-order valence-corrected chi connectivity index (χ4v) is 1.10. The van der Waals surface area contributed by atoms with Crippen molar-refractivity contribution in [3.63, 3.8) is 0 Å². The highest BCUT2D eigenvalue weighted by molar-refractivity contribution is 5.56. The van der Waals surface area contributed by atoms with Gasteiger partial charge in [-0.1, -0.05) is 19.1 Å². The van der Waals surface area contributed by atoms with Crippen LogP contribution in [-0.4, -0.2) is 15.3 Å². The number of aliphatic hydroxyl groups excluding tert-OH is 1. The Kier molecular flexibility index (Phi) is 3.80. The van der Waals surface area contributed by atoms with E-state index in [0.29, 0.717) is 5.56 Å². The zero-order valence-electron chi connectivity index (χ0n) is 8.51. The van der Waals surface area contributed by atoms with Crippen LogP contribution in [-0.2, 0) is 0 Å². The Morgan fingerprint density at radius 1 is 1.27 bits per heavy atom. The van der Waals surface area contributed by atoms with E-state index in [0.717, 1.165) is 6.42 Å². The van der Waals surface area contributed by atoms with E-state index in [2.05, 4.69) is 0 Å². The summed E-state index contributed by atoms with van der Waals surface area (Å²) in [5.41, 5.74) is 0.710. The van der Waals surface area contributed by atoms with Gasteiger partial charge >= 0.3 is 0 Å². The lowest BCUT2D eigenvalue weighted by Gasteiger charge is -1.98. The van der Waals surface area contributed by atoms with Crippen molar-refractivity contribution < 1.29 is 15.3 Å². The molecule has 1 aromatic carbocycles. The number of benzene rings is 1. The van der Waals surface area contributed by atoms with Crippen LogP contribution in [0.25, 0.3) is 6.08 Å². The molecule has 15 heavy (non-hydrogen) atoms. The molecule has 0 aliphatic heterocycles. The van der Waals surface area contributed by atoms with E-state index in [1.807, 2.05) is 6.92 Å². The Morgan fingerprint density at radius 3 is 2.60 bits per heavy atom. The summed E-state index contributed by atoms with van der Waals surface area (Å²) in [7, 11) is 0. The first-order valence-corrected chi connectivity index (χ1v) is 4.72. The zero-order valence-corrected chi connectivity index (χ0v) is 8.51. The first kappa shape index (κ1) is 11.2. The van der Waals surface area contributed by atoms with Crippen LogP contribution in [0.1, 0.15) is 18.9 Å². The Balaban J connectivity index is 2.81. The van der Waals surface area contributed by atoms with E-state index in [1.165, 1.54) is 18.2 Å². The highest BCUT2D eigenvalue weighted by atomic mass is 16.3. The minimum Gasteiger partial charge on any atom is -0.508 e. The number of aromatic hydroxyl groups is 2. The van der Waals surface area contributed by atoms with Gasteiger partial charge in [0.15, 0.2) is 11.5 Å². The van der Waals surface area contributed by atoms with Crippen molar-refractivity contribution in [3.8, 4) is 11.5 Å². The predicted octanol–water partition coefficient (Wildman–Crippen LogP) is 2.96. The van der Waals surface area contributed by atoms with Gasteiger partial charge in [0.2, 0.25) is 0 Å². The lowest BCUT2D eigenvalue weighted by atomic mass is 10.2. The molecule has 0 atom stereocenters. The molecule has 1 rings (SSSR count). The molecule has 0 aliphatic rings. The molecule has 0 saturated heterocycles. The predicted molar refractivity (Wildman–Crippen MR) is 59.8 cm³/mol. The maximum Gasteiger partial charge on any atom is 0.157 e. The molecule has 3 nitrogen and oxygen atoms in total. The molecule has 0 radical (unpaired) electrons.